The quantitative estimate of drug-likeness (QED) is 0.604. The smallest absolute Gasteiger partial charge is 0.174 e. The molecule has 0 saturated heterocycles. The summed E-state index contributed by atoms with van der Waals surface area (Å²) < 4.78 is 1.10. The molecule has 1 heterocycles. The van der Waals surface area contributed by atoms with Gasteiger partial charge < -0.3 is 5.73 Å². The summed E-state index contributed by atoms with van der Waals surface area (Å²) in [5.41, 5.74) is 6.29. The van der Waals surface area contributed by atoms with Gasteiger partial charge in [-0.1, -0.05) is 6.92 Å². The molecule has 0 amide bonds. The third-order valence-electron chi connectivity index (χ3n) is 1.51. The van der Waals surface area contributed by atoms with Crippen molar-refractivity contribution in [2.45, 2.75) is 17.6 Å². The van der Waals surface area contributed by atoms with Gasteiger partial charge in [0.1, 0.15) is 0 Å². The van der Waals surface area contributed by atoms with Crippen LogP contribution in [0, 0.1) is 0 Å². The summed E-state index contributed by atoms with van der Waals surface area (Å²) in [6.07, 6.45) is 2.50. The monoisotopic (exact) mass is 201 g/mol. The van der Waals surface area contributed by atoms with Gasteiger partial charge in [0, 0.05) is 6.42 Å². The van der Waals surface area contributed by atoms with Crippen LogP contribution in [0.15, 0.2) is 10.3 Å². The highest BCUT2D eigenvalue weighted by Gasteiger charge is 2.11. The fourth-order valence-electron chi connectivity index (χ4n) is 0.861. The van der Waals surface area contributed by atoms with Crippen LogP contribution in [0.25, 0.3) is 0 Å². The second-order valence-electron chi connectivity index (χ2n) is 2.33. The van der Waals surface area contributed by atoms with Gasteiger partial charge in [-0.05, 0) is 12.3 Å². The number of carbonyl (C=O) groups is 1. The van der Waals surface area contributed by atoms with E-state index in [2.05, 4.69) is 0 Å². The highest BCUT2D eigenvalue weighted by atomic mass is 32.2. The van der Waals surface area contributed by atoms with Crippen molar-refractivity contribution in [2.75, 3.05) is 12.0 Å². The van der Waals surface area contributed by atoms with E-state index >= 15 is 0 Å². The minimum Gasteiger partial charge on any atom is -0.397 e. The summed E-state index contributed by atoms with van der Waals surface area (Å²) in [5.74, 6) is 0.137. The zero-order valence-electron chi connectivity index (χ0n) is 7.09. The van der Waals surface area contributed by atoms with Crippen LogP contribution in [0.5, 0.6) is 0 Å². The van der Waals surface area contributed by atoms with E-state index < -0.39 is 0 Å². The van der Waals surface area contributed by atoms with Crippen LogP contribution in [0.4, 0.5) is 5.69 Å². The lowest BCUT2D eigenvalue weighted by molar-refractivity contribution is 0.0993. The Balaban J connectivity index is 2.99. The SMILES string of the molecule is CCC(=O)c1sc(SC)cc1N. The van der Waals surface area contributed by atoms with Gasteiger partial charge in [-0.3, -0.25) is 4.79 Å². The van der Waals surface area contributed by atoms with Gasteiger partial charge in [-0.2, -0.15) is 0 Å². The van der Waals surface area contributed by atoms with E-state index in [9.17, 15) is 4.79 Å². The summed E-state index contributed by atoms with van der Waals surface area (Å²) in [5, 5.41) is 0. The minimum atomic E-state index is 0.137. The Morgan fingerprint density at radius 3 is 2.83 bits per heavy atom. The van der Waals surface area contributed by atoms with Crippen molar-refractivity contribution in [3.63, 3.8) is 0 Å². The number of nitrogen functional groups attached to an aromatic ring is 1. The van der Waals surface area contributed by atoms with Crippen molar-refractivity contribution >= 4 is 34.6 Å². The lowest BCUT2D eigenvalue weighted by Crippen LogP contribution is -1.96. The first-order valence-corrected chi connectivity index (χ1v) is 5.69. The average Bonchev–Trinajstić information content (AvgIpc) is 2.45. The molecule has 0 atom stereocenters. The Hall–Kier alpha value is -0.480. The Morgan fingerprint density at radius 1 is 1.75 bits per heavy atom. The number of ketones is 1. The normalized spacial score (nSPS) is 10.2. The Labute approximate surface area is 80.2 Å². The van der Waals surface area contributed by atoms with E-state index in [4.69, 9.17) is 5.73 Å². The number of Topliss-reactive ketones (excluding diaryl/α,β-unsaturated/α-hetero) is 1. The maximum absolute atomic E-state index is 11.3. The zero-order valence-corrected chi connectivity index (χ0v) is 8.72. The van der Waals surface area contributed by atoms with Gasteiger partial charge in [0.2, 0.25) is 0 Å². The summed E-state index contributed by atoms with van der Waals surface area (Å²) in [6.45, 7) is 1.85. The molecule has 0 fully saturated rings. The molecule has 1 aromatic rings. The summed E-state index contributed by atoms with van der Waals surface area (Å²) in [6, 6.07) is 1.86. The van der Waals surface area contributed by atoms with Crippen molar-refractivity contribution in [1.29, 1.82) is 0 Å². The Kier molecular flexibility index (Phi) is 3.17. The van der Waals surface area contributed by atoms with Crippen LogP contribution >= 0.6 is 23.1 Å². The Bertz CT molecular complexity index is 293. The number of thiophene rings is 1. The van der Waals surface area contributed by atoms with E-state index in [0.717, 1.165) is 4.21 Å². The van der Waals surface area contributed by atoms with Gasteiger partial charge in [0.25, 0.3) is 0 Å². The van der Waals surface area contributed by atoms with Gasteiger partial charge in [0.15, 0.2) is 5.78 Å². The molecule has 0 radical (unpaired) electrons. The van der Waals surface area contributed by atoms with E-state index in [1.807, 2.05) is 19.2 Å². The summed E-state index contributed by atoms with van der Waals surface area (Å²) in [7, 11) is 0. The lowest BCUT2D eigenvalue weighted by atomic mass is 10.2. The number of hydrogen-bond acceptors (Lipinski definition) is 4. The number of thioether (sulfide) groups is 1. The zero-order chi connectivity index (χ0) is 9.14. The summed E-state index contributed by atoms with van der Waals surface area (Å²) >= 11 is 3.10. The van der Waals surface area contributed by atoms with Crippen molar-refractivity contribution in [2.24, 2.45) is 0 Å². The largest absolute Gasteiger partial charge is 0.397 e. The number of anilines is 1. The first-order valence-electron chi connectivity index (χ1n) is 3.65. The molecular formula is C8H11NOS2. The van der Waals surface area contributed by atoms with Crippen LogP contribution in [0.2, 0.25) is 0 Å². The van der Waals surface area contributed by atoms with Crippen molar-refractivity contribution in [1.82, 2.24) is 0 Å². The second kappa shape index (κ2) is 3.96. The van der Waals surface area contributed by atoms with E-state index in [0.29, 0.717) is 17.0 Å². The van der Waals surface area contributed by atoms with Crippen LogP contribution < -0.4 is 5.73 Å². The molecule has 0 aliphatic carbocycles. The lowest BCUT2D eigenvalue weighted by Gasteiger charge is -1.92. The number of hydrogen-bond donors (Lipinski definition) is 1. The standard InChI is InChI=1S/C8H11NOS2/c1-3-6(10)8-5(9)4-7(11-2)12-8/h4H,3,9H2,1-2H3. The van der Waals surface area contributed by atoms with Crippen molar-refractivity contribution in [3.8, 4) is 0 Å². The van der Waals surface area contributed by atoms with E-state index in [1.165, 1.54) is 11.3 Å². The molecule has 0 aliphatic rings. The molecule has 2 nitrogen and oxygen atoms in total. The molecular weight excluding hydrogens is 190 g/mol. The van der Waals surface area contributed by atoms with Gasteiger partial charge in [-0.25, -0.2) is 0 Å². The van der Waals surface area contributed by atoms with Crippen LogP contribution in [0.3, 0.4) is 0 Å². The third-order valence-corrected chi connectivity index (χ3v) is 3.77. The molecule has 4 heteroatoms. The minimum absolute atomic E-state index is 0.137. The predicted molar refractivity (Wildman–Crippen MR) is 55.1 cm³/mol. The highest BCUT2D eigenvalue weighted by molar-refractivity contribution is 8.00. The molecule has 2 N–H and O–H groups in total. The molecule has 66 valence electrons. The molecule has 0 aromatic carbocycles. The highest BCUT2D eigenvalue weighted by Crippen LogP contribution is 2.31. The molecule has 0 bridgehead atoms. The van der Waals surface area contributed by atoms with Crippen molar-refractivity contribution < 1.29 is 4.79 Å². The molecule has 12 heavy (non-hydrogen) atoms. The molecule has 1 rings (SSSR count). The number of carbonyl (C=O) groups excluding carboxylic acids is 1. The van der Waals surface area contributed by atoms with Crippen LogP contribution in [-0.4, -0.2) is 12.0 Å². The molecule has 0 aliphatic heterocycles. The summed E-state index contributed by atoms with van der Waals surface area (Å²) in [4.78, 5) is 12.0. The van der Waals surface area contributed by atoms with Gasteiger partial charge in [-0.15, -0.1) is 23.1 Å². The maximum Gasteiger partial charge on any atom is 0.174 e. The van der Waals surface area contributed by atoms with Crippen molar-refractivity contribution in [3.05, 3.63) is 10.9 Å². The number of rotatable bonds is 3. The fourth-order valence-corrected chi connectivity index (χ4v) is 2.51. The average molecular weight is 201 g/mol. The molecule has 1 aromatic heterocycles. The maximum atomic E-state index is 11.3. The predicted octanol–water partition coefficient (Wildman–Crippen LogP) is 2.64. The molecule has 0 unspecified atom stereocenters. The first kappa shape index (κ1) is 9.61. The topological polar surface area (TPSA) is 43.1 Å². The third kappa shape index (κ3) is 1.81. The number of nitrogens with two attached hydrogens (primary N) is 1. The van der Waals surface area contributed by atoms with E-state index in [1.54, 1.807) is 11.8 Å². The second-order valence-corrected chi connectivity index (χ2v) is 4.49. The van der Waals surface area contributed by atoms with Crippen LogP contribution in [-0.2, 0) is 0 Å². The van der Waals surface area contributed by atoms with Gasteiger partial charge in [0.05, 0.1) is 14.8 Å². The Morgan fingerprint density at radius 2 is 2.42 bits per heavy atom. The fraction of sp³-hybridized carbons (Fsp3) is 0.375. The molecule has 0 saturated carbocycles. The van der Waals surface area contributed by atoms with E-state index in [-0.39, 0.29) is 5.78 Å². The van der Waals surface area contributed by atoms with Crippen LogP contribution in [0.1, 0.15) is 23.0 Å². The van der Waals surface area contributed by atoms with Gasteiger partial charge >= 0.3 is 0 Å². The first-order chi connectivity index (χ1) is 5.69. The molecule has 0 spiro atoms.